The fourth-order valence-corrected chi connectivity index (χ4v) is 4.70. The third-order valence-electron chi connectivity index (χ3n) is 4.13. The summed E-state index contributed by atoms with van der Waals surface area (Å²) in [7, 11) is -5.56. The Balaban J connectivity index is 2.85. The molecule has 0 radical (unpaired) electrons. The van der Waals surface area contributed by atoms with Crippen LogP contribution in [-0.4, -0.2) is 25.1 Å². The van der Waals surface area contributed by atoms with Crippen LogP contribution in [-0.2, 0) is 19.2 Å². The number of nitrogens with one attached hydrogen (secondary N) is 1. The molecule has 10 heteroatoms. The van der Waals surface area contributed by atoms with Gasteiger partial charge in [0.1, 0.15) is 0 Å². The number of anilines is 1. The van der Waals surface area contributed by atoms with Gasteiger partial charge in [-0.1, -0.05) is 48.5 Å². The molecule has 2 rings (SSSR count). The molecule has 0 fully saturated rings. The molecule has 1 N–H and O–H groups in total. The third kappa shape index (κ3) is 4.17. The van der Waals surface area contributed by atoms with Crippen molar-refractivity contribution in [2.24, 2.45) is 0 Å². The van der Waals surface area contributed by atoms with Gasteiger partial charge in [-0.25, -0.2) is 0 Å². The first-order valence-corrected chi connectivity index (χ1v) is 10.3. The van der Waals surface area contributed by atoms with Gasteiger partial charge in [0.2, 0.25) is 5.54 Å². The lowest BCUT2D eigenvalue weighted by molar-refractivity contribution is -0.231. The first kappa shape index (κ1) is 23.3. The highest BCUT2D eigenvalue weighted by Gasteiger charge is 2.78. The van der Waals surface area contributed by atoms with E-state index in [1.54, 1.807) is 0 Å². The first-order valence-electron chi connectivity index (χ1n) is 8.78. The number of benzene rings is 2. The summed E-state index contributed by atoms with van der Waals surface area (Å²) in [5.41, 5.74) is -10.2. The van der Waals surface area contributed by atoms with Crippen molar-refractivity contribution in [1.29, 1.82) is 0 Å². The minimum absolute atomic E-state index is 0.243. The minimum Gasteiger partial charge on any atom is -0.362 e. The van der Waals surface area contributed by atoms with Gasteiger partial charge in [-0.05, 0) is 31.5 Å². The summed E-state index contributed by atoms with van der Waals surface area (Å²) in [6, 6.07) is 12.2. The van der Waals surface area contributed by atoms with Gasteiger partial charge in [0.15, 0.2) is 0 Å². The van der Waals surface area contributed by atoms with Gasteiger partial charge in [0.25, 0.3) is 0 Å². The molecule has 0 saturated heterocycles. The summed E-state index contributed by atoms with van der Waals surface area (Å²) in [5.74, 6) is 0. The van der Waals surface area contributed by atoms with Crippen molar-refractivity contribution in [1.82, 2.24) is 0 Å². The van der Waals surface area contributed by atoms with Gasteiger partial charge in [0, 0.05) is 5.69 Å². The van der Waals surface area contributed by atoms with Crippen molar-refractivity contribution >= 4 is 13.3 Å². The molecule has 0 amide bonds. The largest absolute Gasteiger partial charge is 0.422 e. The normalized spacial score (nSPS) is 15.0. The third-order valence-corrected chi connectivity index (χ3v) is 6.35. The number of para-hydroxylation sites is 1. The monoisotopic (exact) mass is 437 g/mol. The molecule has 160 valence electrons. The van der Waals surface area contributed by atoms with Crippen LogP contribution in [0, 0.1) is 0 Å². The lowest BCUT2D eigenvalue weighted by atomic mass is 9.88. The molecular formula is C19H21F5NO3P. The highest BCUT2D eigenvalue weighted by atomic mass is 31.2. The summed E-state index contributed by atoms with van der Waals surface area (Å²) in [6.45, 7) is 1.43. The molecule has 2 aromatic carbocycles. The molecule has 0 bridgehead atoms. The van der Waals surface area contributed by atoms with Crippen LogP contribution in [0.1, 0.15) is 19.4 Å². The highest BCUT2D eigenvalue weighted by Crippen LogP contribution is 2.71. The van der Waals surface area contributed by atoms with Crippen molar-refractivity contribution in [2.75, 3.05) is 18.5 Å². The van der Waals surface area contributed by atoms with Crippen molar-refractivity contribution in [2.45, 2.75) is 31.2 Å². The first-order chi connectivity index (χ1) is 13.6. The van der Waals surface area contributed by atoms with E-state index < -0.39 is 43.8 Å². The summed E-state index contributed by atoms with van der Waals surface area (Å²) < 4.78 is 97.1. The number of hydrogen-bond acceptors (Lipinski definition) is 4. The van der Waals surface area contributed by atoms with Crippen molar-refractivity contribution in [3.05, 3.63) is 66.2 Å². The molecule has 1 unspecified atom stereocenters. The molecule has 0 aromatic heterocycles. The highest BCUT2D eigenvalue weighted by molar-refractivity contribution is 7.55. The Kier molecular flexibility index (Phi) is 7.09. The molecule has 1 atom stereocenters. The fourth-order valence-electron chi connectivity index (χ4n) is 2.90. The van der Waals surface area contributed by atoms with Crippen LogP contribution in [0.5, 0.6) is 0 Å². The number of hydrogen-bond donors (Lipinski definition) is 1. The van der Waals surface area contributed by atoms with Crippen LogP contribution in [0.25, 0.3) is 0 Å². The second-order valence-corrected chi connectivity index (χ2v) is 8.05. The smallest absolute Gasteiger partial charge is 0.362 e. The van der Waals surface area contributed by atoms with E-state index in [1.165, 1.54) is 62.4 Å². The van der Waals surface area contributed by atoms with E-state index in [-0.39, 0.29) is 5.69 Å². The van der Waals surface area contributed by atoms with Gasteiger partial charge in [-0.3, -0.25) is 4.57 Å². The molecule has 29 heavy (non-hydrogen) atoms. The maximum atomic E-state index is 15.7. The van der Waals surface area contributed by atoms with E-state index in [0.29, 0.717) is 0 Å². The molecule has 0 aliphatic carbocycles. The lowest BCUT2D eigenvalue weighted by Crippen LogP contribution is -2.61. The van der Waals surface area contributed by atoms with E-state index in [0.717, 1.165) is 12.1 Å². The fraction of sp³-hybridized carbons (Fsp3) is 0.368. The zero-order chi connectivity index (χ0) is 21.8. The van der Waals surface area contributed by atoms with Gasteiger partial charge in [0.05, 0.1) is 13.2 Å². The Hall–Kier alpha value is -1.96. The zero-order valence-corrected chi connectivity index (χ0v) is 16.6. The molecule has 0 aliphatic rings. The van der Waals surface area contributed by atoms with Gasteiger partial charge in [-0.2, -0.15) is 22.0 Å². The molecule has 0 saturated carbocycles. The quantitative estimate of drug-likeness (QED) is 0.364. The SMILES string of the molecule is CCOP(=O)(OCC)C(F)(F)C(Nc1ccccc1)(c1ccccc1)C(F)(F)F. The predicted octanol–water partition coefficient (Wildman–Crippen LogP) is 6.42. The van der Waals surface area contributed by atoms with Crippen LogP contribution in [0.3, 0.4) is 0 Å². The van der Waals surface area contributed by atoms with Crippen LogP contribution < -0.4 is 5.32 Å². The van der Waals surface area contributed by atoms with Crippen molar-refractivity contribution in [3.63, 3.8) is 0 Å². The number of halogens is 5. The van der Waals surface area contributed by atoms with E-state index in [1.807, 2.05) is 5.32 Å². The second-order valence-electron chi connectivity index (χ2n) is 5.98. The Bertz CT molecular complexity index is 823. The van der Waals surface area contributed by atoms with E-state index >= 15 is 8.78 Å². The summed E-state index contributed by atoms with van der Waals surface area (Å²) in [4.78, 5) is 0. The van der Waals surface area contributed by atoms with E-state index in [4.69, 9.17) is 0 Å². The molecular weight excluding hydrogens is 416 g/mol. The van der Waals surface area contributed by atoms with E-state index in [2.05, 4.69) is 9.05 Å². The molecule has 0 heterocycles. The zero-order valence-electron chi connectivity index (χ0n) is 15.7. The number of rotatable bonds is 9. The molecule has 0 spiro atoms. The Morgan fingerprint density at radius 2 is 1.28 bits per heavy atom. The lowest BCUT2D eigenvalue weighted by Gasteiger charge is -2.44. The van der Waals surface area contributed by atoms with Gasteiger partial charge < -0.3 is 14.4 Å². The molecule has 0 aliphatic heterocycles. The van der Waals surface area contributed by atoms with Crippen molar-refractivity contribution < 1.29 is 35.6 Å². The molecule has 2 aromatic rings. The topological polar surface area (TPSA) is 47.6 Å². The minimum atomic E-state index is -5.59. The van der Waals surface area contributed by atoms with Crippen LogP contribution in [0.15, 0.2) is 60.7 Å². The average molecular weight is 437 g/mol. The van der Waals surface area contributed by atoms with Crippen molar-refractivity contribution in [3.8, 4) is 0 Å². The predicted molar refractivity (Wildman–Crippen MR) is 100 cm³/mol. The second kappa shape index (κ2) is 8.81. The van der Waals surface area contributed by atoms with E-state index in [9.17, 15) is 17.7 Å². The standard InChI is InChI=1S/C19H21F5NO3P/c1-3-27-29(26,28-4-2)19(23,24)17(18(20,21)22,15-11-7-5-8-12-15)25-16-13-9-6-10-14-16/h5-14,25H,3-4H2,1-2H3. The Labute approximate surface area is 165 Å². The van der Waals surface area contributed by atoms with Crippen LogP contribution >= 0.6 is 7.60 Å². The Morgan fingerprint density at radius 1 is 0.828 bits per heavy atom. The van der Waals surface area contributed by atoms with Crippen LogP contribution in [0.2, 0.25) is 0 Å². The average Bonchev–Trinajstić information content (AvgIpc) is 2.66. The summed E-state index contributed by atoms with van der Waals surface area (Å²) in [6.07, 6.45) is -5.59. The number of alkyl halides is 5. The van der Waals surface area contributed by atoms with Gasteiger partial charge >= 0.3 is 19.4 Å². The summed E-state index contributed by atoms with van der Waals surface area (Å²) in [5, 5.41) is 1.90. The molecule has 4 nitrogen and oxygen atoms in total. The summed E-state index contributed by atoms with van der Waals surface area (Å²) >= 11 is 0. The maximum Gasteiger partial charge on any atom is 0.422 e. The van der Waals surface area contributed by atoms with Crippen LogP contribution in [0.4, 0.5) is 27.6 Å². The Morgan fingerprint density at radius 3 is 1.69 bits per heavy atom. The van der Waals surface area contributed by atoms with Gasteiger partial charge in [-0.15, -0.1) is 0 Å². The maximum absolute atomic E-state index is 15.7.